The van der Waals surface area contributed by atoms with Gasteiger partial charge >= 0.3 is 48.4 Å². The van der Waals surface area contributed by atoms with E-state index >= 15 is 0 Å². The molecule has 0 aliphatic carbocycles. The van der Waals surface area contributed by atoms with E-state index in [1.165, 1.54) is 0 Å². The summed E-state index contributed by atoms with van der Waals surface area (Å²) in [4.78, 5) is 0. The van der Waals surface area contributed by atoms with Gasteiger partial charge in [-0.1, -0.05) is 20.8 Å². The van der Waals surface area contributed by atoms with Crippen LogP contribution in [0.5, 0.6) is 0 Å². The number of halogens is 1. The van der Waals surface area contributed by atoms with Gasteiger partial charge in [0.15, 0.2) is 0 Å². The van der Waals surface area contributed by atoms with Crippen LogP contribution in [0.3, 0.4) is 0 Å². The van der Waals surface area contributed by atoms with Gasteiger partial charge in [-0.25, -0.2) is 0 Å². The number of hydrogen-bond donors (Lipinski definition) is 1. The molecule has 122 valence electrons. The standard InChI is InChI=1S/3C3H8N2.Cd.HIO3/c3*1-3(5)2-4;;2-1(3)4/h3*3-5H,2H2,1H3;;2H/q3*-2;+2;. The molecule has 0 saturated heterocycles. The zero-order valence-electron chi connectivity index (χ0n) is 12.2. The first-order chi connectivity index (χ1) is 8.54. The third kappa shape index (κ3) is 121. The molecule has 0 bridgehead atoms. The van der Waals surface area contributed by atoms with E-state index in [1.807, 2.05) is 0 Å². The normalized spacial score (nSPS) is 13.1. The van der Waals surface area contributed by atoms with Crippen molar-refractivity contribution in [3.05, 3.63) is 34.4 Å². The second-order valence-corrected chi connectivity index (χ2v) is 4.66. The van der Waals surface area contributed by atoms with Gasteiger partial charge in [0, 0.05) is 0 Å². The van der Waals surface area contributed by atoms with Crippen molar-refractivity contribution >= 4 is 0 Å². The average Bonchev–Trinajstić information content (AvgIpc) is 2.29. The van der Waals surface area contributed by atoms with Crippen molar-refractivity contribution in [2.45, 2.75) is 38.9 Å². The number of nitrogens with one attached hydrogen (secondary N) is 6. The smallest absolute Gasteiger partial charge is 0.679 e. The van der Waals surface area contributed by atoms with Crippen LogP contribution in [-0.4, -0.2) is 41.2 Å². The van der Waals surface area contributed by atoms with Crippen LogP contribution in [0, 0.1) is 0 Å². The Balaban J connectivity index is -0.0000000494. The maximum absolute atomic E-state index is 8.68. The molecule has 0 rings (SSSR count). The molecule has 0 aromatic rings. The molecule has 9 nitrogen and oxygen atoms in total. The molecule has 0 fully saturated rings. The maximum atomic E-state index is 8.68. The predicted molar refractivity (Wildman–Crippen MR) is 71.1 cm³/mol. The van der Waals surface area contributed by atoms with Gasteiger partial charge in [-0.3, -0.25) is 0 Å². The summed E-state index contributed by atoms with van der Waals surface area (Å²) in [6.07, 6.45) is 0. The number of rotatable bonds is 3. The minimum atomic E-state index is -3.76. The van der Waals surface area contributed by atoms with Gasteiger partial charge in [0.05, 0.1) is 0 Å². The van der Waals surface area contributed by atoms with E-state index in [0.29, 0.717) is 0 Å². The van der Waals surface area contributed by atoms with Gasteiger partial charge in [-0.15, -0.1) is 0 Å². The first-order valence-electron chi connectivity index (χ1n) is 5.36. The van der Waals surface area contributed by atoms with Crippen molar-refractivity contribution in [2.75, 3.05) is 19.6 Å². The van der Waals surface area contributed by atoms with Crippen LogP contribution in [0.4, 0.5) is 0 Å². The molecule has 0 aromatic heterocycles. The summed E-state index contributed by atoms with van der Waals surface area (Å²) in [5.41, 5.74) is 39.3. The summed E-state index contributed by atoms with van der Waals surface area (Å²) in [7, 11) is 0. The van der Waals surface area contributed by atoms with Gasteiger partial charge < -0.3 is 41.3 Å². The summed E-state index contributed by atoms with van der Waals surface area (Å²) in [5, 5.41) is 0. The van der Waals surface area contributed by atoms with Crippen LogP contribution in [0.2, 0.25) is 0 Å². The Kier molecular flexibility index (Phi) is 47.0. The van der Waals surface area contributed by atoms with Gasteiger partial charge in [-0.2, -0.15) is 37.8 Å². The summed E-state index contributed by atoms with van der Waals surface area (Å²) < 4.78 is 24.5. The SMILES string of the molecule is CC([NH-])C[NH-].CC([NH-])C[NH-].CC([NH-])C[NH-].[Cd+2].[O-][I+2]([O-])O. The molecule has 20 heavy (non-hydrogen) atoms. The van der Waals surface area contributed by atoms with Crippen molar-refractivity contribution in [2.24, 2.45) is 0 Å². The zero-order chi connectivity index (χ0) is 16.4. The number of hydrogen-bond acceptors (Lipinski definition) is 3. The summed E-state index contributed by atoms with van der Waals surface area (Å²) in [6.45, 7) is 5.77. The molecule has 0 aliphatic heterocycles. The van der Waals surface area contributed by atoms with Crippen molar-refractivity contribution < 1.29 is 58.7 Å². The Morgan fingerprint density at radius 1 is 0.800 bits per heavy atom. The third-order valence-corrected chi connectivity index (χ3v) is 0.919. The van der Waals surface area contributed by atoms with Crippen LogP contribution in [0.25, 0.3) is 34.4 Å². The van der Waals surface area contributed by atoms with E-state index in [0.717, 1.165) is 0 Å². The van der Waals surface area contributed by atoms with Crippen LogP contribution in [0.15, 0.2) is 0 Å². The minimum Gasteiger partial charge on any atom is -0.679 e. The fourth-order valence-electron chi connectivity index (χ4n) is 0. The molecule has 0 aliphatic rings. The van der Waals surface area contributed by atoms with E-state index in [1.54, 1.807) is 20.8 Å². The van der Waals surface area contributed by atoms with Crippen molar-refractivity contribution in [3.8, 4) is 0 Å². The van der Waals surface area contributed by atoms with E-state index in [9.17, 15) is 0 Å². The average molecular weight is 505 g/mol. The van der Waals surface area contributed by atoms with Crippen LogP contribution < -0.4 is 27.9 Å². The third-order valence-electron chi connectivity index (χ3n) is 0.919. The Hall–Kier alpha value is 1.29. The molecule has 7 N–H and O–H groups in total. The van der Waals surface area contributed by atoms with Crippen molar-refractivity contribution in [1.29, 1.82) is 0 Å². The first kappa shape index (κ1) is 33.0. The monoisotopic (exact) mass is 506 g/mol. The molecule has 0 heterocycles. The second-order valence-electron chi connectivity index (χ2n) is 3.52. The largest absolute Gasteiger partial charge is 2.00 e. The molecule has 3 atom stereocenters. The second kappa shape index (κ2) is 28.5. The van der Waals surface area contributed by atoms with Gasteiger partial charge in [0.1, 0.15) is 0 Å². The van der Waals surface area contributed by atoms with E-state index in [-0.39, 0.29) is 65.1 Å². The Morgan fingerprint density at radius 2 is 0.850 bits per heavy atom. The molecule has 0 spiro atoms. The molecular formula is C9H25CdIN6O3-4. The molecule has 3 unspecified atom stereocenters. The molecular weight excluding hydrogens is 479 g/mol. The first-order valence-corrected chi connectivity index (χ1v) is 8.09. The quantitative estimate of drug-likeness (QED) is 0.360. The van der Waals surface area contributed by atoms with E-state index in [2.05, 4.69) is 0 Å². The van der Waals surface area contributed by atoms with Gasteiger partial charge in [-0.05, 0) is 3.44 Å². The molecule has 0 saturated carbocycles. The Morgan fingerprint density at radius 3 is 0.850 bits per heavy atom. The molecule has 0 aromatic carbocycles. The molecule has 0 amide bonds. The minimum absolute atomic E-state index is 0. The van der Waals surface area contributed by atoms with Gasteiger partial charge in [0.2, 0.25) is 0 Å². The van der Waals surface area contributed by atoms with Gasteiger partial charge in [0.25, 0.3) is 0 Å². The van der Waals surface area contributed by atoms with E-state index in [4.69, 9.17) is 44.7 Å². The van der Waals surface area contributed by atoms with Crippen LogP contribution >= 0.6 is 0 Å². The van der Waals surface area contributed by atoms with Crippen molar-refractivity contribution in [1.82, 2.24) is 0 Å². The van der Waals surface area contributed by atoms with E-state index < -0.39 is 21.1 Å². The van der Waals surface area contributed by atoms with Crippen LogP contribution in [-0.2, 0) is 27.3 Å². The predicted octanol–water partition coefficient (Wildman–Crippen LogP) is -1.50. The van der Waals surface area contributed by atoms with Crippen LogP contribution in [0.1, 0.15) is 20.8 Å². The van der Waals surface area contributed by atoms with Crippen molar-refractivity contribution in [3.63, 3.8) is 0 Å². The summed E-state index contributed by atoms with van der Waals surface area (Å²) >= 11 is -3.76. The fraction of sp³-hybridized carbons (Fsp3) is 1.00. The Labute approximate surface area is 151 Å². The fourth-order valence-corrected chi connectivity index (χ4v) is 0. The zero-order valence-corrected chi connectivity index (χ0v) is 18.4. The Bertz CT molecular complexity index is 125. The summed E-state index contributed by atoms with van der Waals surface area (Å²) in [6, 6.07) is -0.597. The topological polar surface area (TPSA) is 209 Å². The molecule has 11 heteroatoms. The maximum Gasteiger partial charge on any atom is 2.00 e. The molecule has 0 radical (unpaired) electrons. The summed E-state index contributed by atoms with van der Waals surface area (Å²) in [5.74, 6) is 0.